The summed E-state index contributed by atoms with van der Waals surface area (Å²) in [5.74, 6) is -1.00. The van der Waals surface area contributed by atoms with E-state index in [-0.39, 0.29) is 34.5 Å². The van der Waals surface area contributed by atoms with E-state index in [2.05, 4.69) is 20.4 Å². The molecule has 4 N–H and O–H groups in total. The maximum atomic E-state index is 14.8. The van der Waals surface area contributed by atoms with Crippen LogP contribution in [0, 0.1) is 12.3 Å². The topological polar surface area (TPSA) is 131 Å². The van der Waals surface area contributed by atoms with Crippen LogP contribution in [0.4, 0.5) is 24.9 Å². The number of aromatic nitrogens is 4. The maximum Gasteiger partial charge on any atom is 0.429 e. The average Bonchev–Trinajstić information content (AvgIpc) is 3.57. The molecule has 13 heteroatoms. The van der Waals surface area contributed by atoms with Crippen LogP contribution in [0.5, 0.6) is 5.88 Å². The molecule has 0 amide bonds. The maximum absolute atomic E-state index is 14.8. The highest BCUT2D eigenvalue weighted by Gasteiger charge is 2.50. The first-order valence-corrected chi connectivity index (χ1v) is 14.9. The fourth-order valence-electron chi connectivity index (χ4n) is 6.45. The Morgan fingerprint density at radius 3 is 2.59 bits per heavy atom. The van der Waals surface area contributed by atoms with Gasteiger partial charge in [-0.2, -0.15) is 28.2 Å². The van der Waals surface area contributed by atoms with Gasteiger partial charge in [0.2, 0.25) is 17.9 Å². The number of benzene rings is 1. The zero-order chi connectivity index (χ0) is 31.6. The average molecular weight is 614 g/mol. The van der Waals surface area contributed by atoms with Gasteiger partial charge in [0.15, 0.2) is 0 Å². The van der Waals surface area contributed by atoms with Crippen LogP contribution >= 0.6 is 0 Å². The van der Waals surface area contributed by atoms with E-state index in [1.165, 1.54) is 16.8 Å². The van der Waals surface area contributed by atoms with E-state index < -0.39 is 24.3 Å². The van der Waals surface area contributed by atoms with Crippen LogP contribution in [-0.2, 0) is 4.79 Å². The summed E-state index contributed by atoms with van der Waals surface area (Å²) in [6, 6.07) is 7.37. The Morgan fingerprint density at radius 1 is 1.23 bits per heavy atom. The van der Waals surface area contributed by atoms with E-state index in [0.29, 0.717) is 49.4 Å². The van der Waals surface area contributed by atoms with E-state index in [0.717, 1.165) is 12.8 Å². The highest BCUT2D eigenvalue weighted by Crippen LogP contribution is 2.46. The molecular weight excluding hydrogens is 575 g/mol. The highest BCUT2D eigenvalue weighted by atomic mass is 19.4. The van der Waals surface area contributed by atoms with E-state index in [4.69, 9.17) is 10.5 Å². The van der Waals surface area contributed by atoms with Crippen molar-refractivity contribution in [2.24, 2.45) is 5.41 Å². The second-order valence-electron chi connectivity index (χ2n) is 11.6. The lowest BCUT2D eigenvalue weighted by atomic mass is 9.71. The number of nitrogens with zero attached hydrogens (tertiary/aromatic N) is 5. The van der Waals surface area contributed by atoms with Crippen molar-refractivity contribution in [3.63, 3.8) is 0 Å². The van der Waals surface area contributed by atoms with Gasteiger partial charge in [-0.15, -0.1) is 0 Å². The number of allylic oxidation sites excluding steroid dienone is 1. The minimum absolute atomic E-state index is 0.0726. The smallest absolute Gasteiger partial charge is 0.429 e. The van der Waals surface area contributed by atoms with Crippen molar-refractivity contribution in [1.29, 1.82) is 0 Å². The molecule has 1 spiro atoms. The van der Waals surface area contributed by atoms with Crippen molar-refractivity contribution in [3.8, 4) is 11.6 Å². The highest BCUT2D eigenvalue weighted by molar-refractivity contribution is 5.74. The molecule has 3 atom stereocenters. The molecule has 0 saturated carbocycles. The lowest BCUT2D eigenvalue weighted by Gasteiger charge is -2.43. The third-order valence-electron chi connectivity index (χ3n) is 8.63. The Kier molecular flexibility index (Phi) is 8.87. The second-order valence-corrected chi connectivity index (χ2v) is 11.6. The van der Waals surface area contributed by atoms with Crippen LogP contribution in [0.25, 0.3) is 11.8 Å². The Morgan fingerprint density at radius 2 is 1.98 bits per heavy atom. The Hall–Kier alpha value is -4.13. The minimum Gasteiger partial charge on any atom is -0.480 e. The number of ether oxygens (including phenoxy) is 1. The third-order valence-corrected chi connectivity index (χ3v) is 8.63. The van der Waals surface area contributed by atoms with Crippen LogP contribution < -0.4 is 20.7 Å². The van der Waals surface area contributed by atoms with E-state index in [1.54, 1.807) is 37.4 Å². The molecule has 0 bridgehead atoms. The number of rotatable bonds is 9. The molecule has 2 aromatic heterocycles. The van der Waals surface area contributed by atoms with Crippen molar-refractivity contribution in [2.45, 2.75) is 77.2 Å². The number of halogens is 3. The number of hydrogen-bond donors (Lipinski definition) is 3. The minimum atomic E-state index is -4.80. The summed E-state index contributed by atoms with van der Waals surface area (Å²) in [4.78, 5) is 21.9. The number of nitrogens with one attached hydrogen (secondary N) is 1. The second kappa shape index (κ2) is 12.5. The van der Waals surface area contributed by atoms with Gasteiger partial charge in [0.05, 0.1) is 11.4 Å². The molecule has 2 saturated heterocycles. The number of aryl methyl sites for hydroxylation is 1. The zero-order valence-electron chi connectivity index (χ0n) is 25.0. The largest absolute Gasteiger partial charge is 0.480 e. The summed E-state index contributed by atoms with van der Waals surface area (Å²) in [6.07, 6.45) is 1.55. The summed E-state index contributed by atoms with van der Waals surface area (Å²) in [7, 11) is 0. The van der Waals surface area contributed by atoms with Crippen molar-refractivity contribution in [1.82, 2.24) is 25.1 Å². The number of anilines is 2. The van der Waals surface area contributed by atoms with Crippen molar-refractivity contribution < 1.29 is 27.8 Å². The molecule has 1 aromatic carbocycles. The van der Waals surface area contributed by atoms with Crippen LogP contribution in [0.3, 0.4) is 0 Å². The first-order chi connectivity index (χ1) is 20.9. The van der Waals surface area contributed by atoms with Crippen LogP contribution in [0.1, 0.15) is 68.9 Å². The molecule has 2 fully saturated rings. The normalized spacial score (nSPS) is 20.8. The lowest BCUT2D eigenvalue weighted by molar-refractivity contribution is -0.198. The number of carboxylic acids is 1. The predicted molar refractivity (Wildman–Crippen MR) is 161 cm³/mol. The number of nitrogens with two attached hydrogens (primary N) is 1. The Labute approximate surface area is 254 Å². The van der Waals surface area contributed by atoms with E-state index in [1.807, 2.05) is 24.8 Å². The monoisotopic (exact) mass is 613 g/mol. The number of carboxylic acid groups (broad SMARTS) is 1. The fraction of sp³-hybridized carbons (Fsp3) is 0.484. The number of aliphatic carboxylic acids is 1. The van der Waals surface area contributed by atoms with Gasteiger partial charge in [-0.1, -0.05) is 32.1 Å². The quantitative estimate of drug-likeness (QED) is 0.288. The molecular formula is C31H38F3N7O3. The van der Waals surface area contributed by atoms with Crippen molar-refractivity contribution in [2.75, 3.05) is 23.7 Å². The van der Waals surface area contributed by atoms with Crippen LogP contribution in [-0.4, -0.2) is 62.2 Å². The molecule has 2 unspecified atom stereocenters. The molecule has 44 heavy (non-hydrogen) atoms. The van der Waals surface area contributed by atoms with Gasteiger partial charge in [-0.05, 0) is 68.2 Å². The van der Waals surface area contributed by atoms with E-state index in [9.17, 15) is 23.1 Å². The molecule has 10 nitrogen and oxygen atoms in total. The molecule has 3 aromatic rings. The first kappa shape index (κ1) is 31.3. The van der Waals surface area contributed by atoms with Crippen molar-refractivity contribution in [3.05, 3.63) is 59.4 Å². The van der Waals surface area contributed by atoms with Crippen LogP contribution in [0.15, 0.2) is 42.6 Å². The van der Waals surface area contributed by atoms with E-state index >= 15 is 0 Å². The Balaban J connectivity index is 1.44. The zero-order valence-corrected chi connectivity index (χ0v) is 25.0. The van der Waals surface area contributed by atoms with Crippen LogP contribution in [0.2, 0.25) is 0 Å². The van der Waals surface area contributed by atoms with Gasteiger partial charge in [0, 0.05) is 37.0 Å². The molecule has 2 aliphatic rings. The molecule has 4 heterocycles. The molecule has 236 valence electrons. The summed E-state index contributed by atoms with van der Waals surface area (Å²) in [6.45, 7) is 6.82. The molecule has 5 rings (SSSR count). The van der Waals surface area contributed by atoms with Gasteiger partial charge in [-0.25, -0.2) is 4.68 Å². The van der Waals surface area contributed by atoms with Crippen molar-refractivity contribution >= 4 is 23.8 Å². The molecule has 0 radical (unpaired) electrons. The standard InChI is InChI=1S/C31H38F3N7O3/c1-4-6-7-20-8-9-23(41-13-10-19(3)39-41)21(16-20)27(31(32,33)34)44-26-17-25(37-29(35)38-26)40-14-11-30(12-15-40)18-22(28(42)43)36-24(30)5-2/h6-10,13,16-17,22,24,27,36H,4-5,11-12,14-15,18H2,1-3H3,(H,42,43)(H2,35,37,38)/b7-6+/t22?,24?,27-/m1/s1. The summed E-state index contributed by atoms with van der Waals surface area (Å²) >= 11 is 0. The van der Waals surface area contributed by atoms with Gasteiger partial charge in [0.1, 0.15) is 11.9 Å². The number of nitrogen functional groups attached to an aromatic ring is 1. The number of carbonyl (C=O) groups is 1. The SMILES string of the molecule is CC/C=C/c1ccc(-n2ccc(C)n2)c([C@@H](Oc2cc(N3CCC4(CC3)CC(C(=O)O)NC4CC)nc(N)n2)C(F)(F)F)c1. The predicted octanol–water partition coefficient (Wildman–Crippen LogP) is 5.47. The Bertz CT molecular complexity index is 1520. The summed E-state index contributed by atoms with van der Waals surface area (Å²) in [5, 5.41) is 17.2. The summed E-state index contributed by atoms with van der Waals surface area (Å²) < 4.78 is 51.3. The molecule has 2 aliphatic heterocycles. The third kappa shape index (κ3) is 6.52. The number of piperidine rings is 1. The van der Waals surface area contributed by atoms with Gasteiger partial charge < -0.3 is 25.8 Å². The lowest BCUT2D eigenvalue weighted by Crippen LogP contribution is -2.46. The fourth-order valence-corrected chi connectivity index (χ4v) is 6.45. The number of hydrogen-bond acceptors (Lipinski definition) is 8. The van der Waals surface area contributed by atoms with Gasteiger partial charge >= 0.3 is 12.1 Å². The summed E-state index contributed by atoms with van der Waals surface area (Å²) in [5.41, 5.74) is 7.18. The van der Waals surface area contributed by atoms with Gasteiger partial charge in [-0.3, -0.25) is 4.79 Å². The first-order valence-electron chi connectivity index (χ1n) is 14.9. The molecule has 0 aliphatic carbocycles. The number of alkyl halides is 3. The van der Waals surface area contributed by atoms with Gasteiger partial charge in [0.25, 0.3) is 0 Å².